The molecule has 0 heterocycles. The van der Waals surface area contributed by atoms with Crippen molar-refractivity contribution in [3.8, 4) is 0 Å². The number of hydrogen-bond donors (Lipinski definition) is 0. The molecule has 13 heteroatoms. The second-order valence-corrected chi connectivity index (χ2v) is 4.65. The average Bonchev–Trinajstić information content (AvgIpc) is 1.12. The second-order valence-electron chi connectivity index (χ2n) is 0.894. The molecule has 0 rings (SSSR count). The predicted molar refractivity (Wildman–Crippen MR) is 12.9 cm³/mol. The maximum Gasteiger partial charge on any atom is 2.00 e. The quantitative estimate of drug-likeness (QED) is 0.324. The summed E-state index contributed by atoms with van der Waals surface area (Å²) < 4.78 is 68.9. The molecule has 0 N–H and O–H groups in total. The molecule has 0 atom stereocenters. The summed E-state index contributed by atoms with van der Waals surface area (Å²) in [6, 6.07) is 0. The Morgan fingerprint density at radius 1 is 0.538 bits per heavy atom. The molecule has 13 heavy (non-hydrogen) atoms. The first-order valence-electron chi connectivity index (χ1n) is 1.46. The van der Waals surface area contributed by atoms with Crippen molar-refractivity contribution in [1.82, 2.24) is 0 Å². The summed E-state index contributed by atoms with van der Waals surface area (Å²) in [5.41, 5.74) is 0. The molecule has 0 unspecified atom stereocenters. The maximum atomic E-state index is 8.61. The van der Waals surface area contributed by atoms with Gasteiger partial charge in [-0.15, -0.1) is 0 Å². The zero-order valence-corrected chi connectivity index (χ0v) is 12.0. The van der Waals surface area contributed by atoms with E-state index in [2.05, 4.69) is 0 Å². The van der Waals surface area contributed by atoms with E-state index in [9.17, 15) is 0 Å². The van der Waals surface area contributed by atoms with E-state index in [1.807, 2.05) is 0 Å². The molecule has 0 bridgehead atoms. The molecule has 0 aromatic rings. The number of rotatable bonds is 0. The summed E-state index contributed by atoms with van der Waals surface area (Å²) in [7, 11) is 0. The van der Waals surface area contributed by atoms with Gasteiger partial charge in [0.1, 0.15) is 0 Å². The van der Waals surface area contributed by atoms with E-state index >= 15 is 0 Å². The van der Waals surface area contributed by atoms with E-state index < -0.39 is 29.0 Å². The van der Waals surface area contributed by atoms with E-state index in [0.29, 0.717) is 0 Å². The van der Waals surface area contributed by atoms with Crippen LogP contribution in [0.4, 0.5) is 0 Å². The summed E-state index contributed by atoms with van der Waals surface area (Å²) in [6.07, 6.45) is 0. The van der Waals surface area contributed by atoms with Gasteiger partial charge in [-0.05, 0) is 0 Å². The van der Waals surface area contributed by atoms with E-state index in [0.717, 1.165) is 0 Å². The minimum Gasteiger partial charge on any atom is 2.00 e. The van der Waals surface area contributed by atoms with Crippen LogP contribution in [0, 0.1) is 0 Å². The molecule has 0 saturated carbocycles. The molecular weight excluding hydrogens is 455 g/mol. The predicted octanol–water partition coefficient (Wildman–Crippen LogP) is -8.14. The average molecular weight is 455 g/mol. The van der Waals surface area contributed by atoms with Gasteiger partial charge in [0.15, 0.2) is 0 Å². The largest absolute Gasteiger partial charge is 2.00 e. The molecule has 0 fully saturated rings. The smallest absolute Gasteiger partial charge is 2.00 e. The van der Waals surface area contributed by atoms with Crippen LogP contribution < -0.4 is 24.6 Å². The van der Waals surface area contributed by atoms with Crippen molar-refractivity contribution in [2.24, 2.45) is 0 Å². The fourth-order valence-corrected chi connectivity index (χ4v) is 0. The maximum absolute atomic E-state index is 8.61. The summed E-state index contributed by atoms with van der Waals surface area (Å²) >= 11 is -11.8. The van der Waals surface area contributed by atoms with Gasteiger partial charge in [-0.3, -0.25) is 0 Å². The second kappa shape index (κ2) is 12.1. The molecule has 0 aliphatic carbocycles. The Balaban J connectivity index is -0.0000000267. The Labute approximate surface area is 110 Å². The SMILES string of the molecule is O=[As]([O-])([O-])[O-].O=[As]([O-])([O-])[O-].[Co+2].[Co+2].[Co+2]. The number of hydrogen-bond acceptors (Lipinski definition) is 8. The topological polar surface area (TPSA) is 172 Å². The molecule has 85 valence electrons. The molecule has 0 aromatic heterocycles. The van der Waals surface area contributed by atoms with E-state index in [1.54, 1.807) is 0 Å². The van der Waals surface area contributed by atoms with Gasteiger partial charge in [-0.2, -0.15) is 0 Å². The van der Waals surface area contributed by atoms with E-state index in [4.69, 9.17) is 32.1 Å². The molecule has 0 saturated heterocycles. The van der Waals surface area contributed by atoms with Crippen molar-refractivity contribution in [3.05, 3.63) is 0 Å². The Hall–Kier alpha value is 2.00. The molecule has 0 aliphatic heterocycles. The van der Waals surface area contributed by atoms with Gasteiger partial charge in [0.2, 0.25) is 0 Å². The van der Waals surface area contributed by atoms with Gasteiger partial charge in [0, 0.05) is 0 Å². The molecule has 3 radical (unpaired) electrons. The van der Waals surface area contributed by atoms with Crippen molar-refractivity contribution in [2.45, 2.75) is 0 Å². The van der Waals surface area contributed by atoms with Gasteiger partial charge in [0.05, 0.1) is 0 Å². The van der Waals surface area contributed by atoms with Crippen molar-refractivity contribution >= 4 is 29.0 Å². The van der Waals surface area contributed by atoms with Crippen LogP contribution in [0.25, 0.3) is 0 Å². The summed E-state index contributed by atoms with van der Waals surface area (Å²) in [6.45, 7) is 0. The minimum absolute atomic E-state index is 0. The summed E-state index contributed by atoms with van der Waals surface area (Å²) in [4.78, 5) is 0. The molecule has 8 nitrogen and oxygen atoms in total. The van der Waals surface area contributed by atoms with Crippen LogP contribution in [0.1, 0.15) is 0 Å². The Morgan fingerprint density at radius 3 is 0.538 bits per heavy atom. The summed E-state index contributed by atoms with van der Waals surface area (Å²) in [5.74, 6) is 0. The van der Waals surface area contributed by atoms with Crippen LogP contribution in [0.5, 0.6) is 0 Å². The summed E-state index contributed by atoms with van der Waals surface area (Å²) in [5, 5.41) is 0. The molecule has 0 aromatic carbocycles. The van der Waals surface area contributed by atoms with Gasteiger partial charge in [0.25, 0.3) is 0 Å². The first-order chi connectivity index (χ1) is 4.00. The molecule has 0 amide bonds. The van der Waals surface area contributed by atoms with Gasteiger partial charge < -0.3 is 0 Å². The third kappa shape index (κ3) is 505. The van der Waals surface area contributed by atoms with E-state index in [1.165, 1.54) is 0 Å². The van der Waals surface area contributed by atoms with Gasteiger partial charge in [-0.25, -0.2) is 0 Å². The van der Waals surface area contributed by atoms with Crippen LogP contribution in [-0.2, 0) is 57.8 Å². The van der Waals surface area contributed by atoms with Crippen molar-refractivity contribution in [2.75, 3.05) is 0 Å². The van der Waals surface area contributed by atoms with Crippen LogP contribution >= 0.6 is 0 Å². The molecule has 0 aliphatic rings. The van der Waals surface area contributed by atoms with Crippen molar-refractivity contribution in [3.63, 3.8) is 0 Å². The zero-order chi connectivity index (χ0) is 9.00. The standard InChI is InChI=1S/2AsH3O4.3Co/c2*2-1(3,4)5;;;/h2*(H3,2,3,4,5);;;/q;;3*+2/p-6. The minimum atomic E-state index is -5.88. The fraction of sp³-hybridized carbons (Fsp3) is 0. The van der Waals surface area contributed by atoms with Crippen LogP contribution in [-0.4, -0.2) is 29.0 Å². The van der Waals surface area contributed by atoms with Crippen LogP contribution in [0.3, 0.4) is 0 Å². The Morgan fingerprint density at radius 2 is 0.538 bits per heavy atom. The Bertz CT molecular complexity index is 130. The first kappa shape index (κ1) is 29.4. The molecular formula is As2Co3O8. The van der Waals surface area contributed by atoms with Gasteiger partial charge in [-0.1, -0.05) is 0 Å². The van der Waals surface area contributed by atoms with Crippen molar-refractivity contribution < 1.29 is 82.4 Å². The molecule has 0 spiro atoms. The first-order valence-corrected chi connectivity index (χ1v) is 7.59. The third-order valence-electron chi connectivity index (χ3n) is 0. The van der Waals surface area contributed by atoms with Gasteiger partial charge >= 0.3 is 111 Å². The van der Waals surface area contributed by atoms with Crippen LogP contribution in [0.2, 0.25) is 0 Å². The normalized spacial score (nSPS) is 9.08. The fourth-order valence-electron chi connectivity index (χ4n) is 0. The third-order valence-corrected chi connectivity index (χ3v) is 0. The van der Waals surface area contributed by atoms with Crippen LogP contribution in [0.15, 0.2) is 0 Å². The zero-order valence-electron chi connectivity index (χ0n) is 5.16. The van der Waals surface area contributed by atoms with E-state index in [-0.39, 0.29) is 50.3 Å². The van der Waals surface area contributed by atoms with Crippen molar-refractivity contribution in [1.29, 1.82) is 0 Å². The Kier molecular flexibility index (Phi) is 27.3. The monoisotopic (exact) mass is 455 g/mol.